The average Bonchev–Trinajstić information content (AvgIpc) is 0.910. The van der Waals surface area contributed by atoms with E-state index in [-0.39, 0.29) is 25.7 Å². The molecule has 0 spiro atoms. The number of aliphatic hydroxyl groups is 1. The van der Waals surface area contributed by atoms with E-state index in [4.69, 9.17) is 37.0 Å². The molecule has 17 nitrogen and oxygen atoms in total. The second-order valence-electron chi connectivity index (χ2n) is 25.5. The van der Waals surface area contributed by atoms with Crippen molar-refractivity contribution in [2.45, 2.75) is 303 Å². The Hall–Kier alpha value is -5.58. The summed E-state index contributed by atoms with van der Waals surface area (Å²) in [6, 6.07) is 0. The first-order valence-electron chi connectivity index (χ1n) is 39.4. The topological polar surface area (TPSA) is 237 Å². The molecule has 104 heavy (non-hydrogen) atoms. The van der Waals surface area contributed by atoms with Crippen LogP contribution in [0.25, 0.3) is 0 Å². The van der Waals surface area contributed by atoms with Crippen LogP contribution in [0.4, 0.5) is 0 Å². The average molecular weight is 1490 g/mol. The monoisotopic (exact) mass is 1490 g/mol. The van der Waals surface area contributed by atoms with E-state index >= 15 is 0 Å². The van der Waals surface area contributed by atoms with Crippen LogP contribution in [0, 0.1) is 0 Å². The number of hydrogen-bond acceptors (Lipinski definition) is 15. The third kappa shape index (κ3) is 74.7. The van der Waals surface area contributed by atoms with Gasteiger partial charge in [-0.1, -0.05) is 262 Å². The summed E-state index contributed by atoms with van der Waals surface area (Å²) in [7, 11) is -10.0. The molecule has 0 aromatic heterocycles. The minimum absolute atomic E-state index is 0.0536. The highest BCUT2D eigenvalue weighted by Gasteiger charge is 2.30. The molecule has 19 heteroatoms. The summed E-state index contributed by atoms with van der Waals surface area (Å²) in [5, 5.41) is 10.6. The van der Waals surface area contributed by atoms with Crippen molar-refractivity contribution in [1.29, 1.82) is 0 Å². The van der Waals surface area contributed by atoms with E-state index in [0.29, 0.717) is 32.1 Å². The van der Waals surface area contributed by atoms with Crippen molar-refractivity contribution in [3.05, 3.63) is 170 Å². The molecule has 0 aliphatic heterocycles. The first-order chi connectivity index (χ1) is 50.7. The maximum atomic E-state index is 13.1. The van der Waals surface area contributed by atoms with E-state index in [1.165, 1.54) is 25.7 Å². The van der Waals surface area contributed by atoms with Gasteiger partial charge in [-0.25, -0.2) is 9.13 Å². The zero-order valence-electron chi connectivity index (χ0n) is 64.4. The third-order valence-electron chi connectivity index (χ3n) is 15.7. The van der Waals surface area contributed by atoms with Crippen molar-refractivity contribution in [1.82, 2.24) is 0 Å². The molecule has 5 unspecified atom stereocenters. The van der Waals surface area contributed by atoms with Crippen LogP contribution < -0.4 is 0 Å². The number of carbonyl (C=O) groups is 4. The fourth-order valence-corrected chi connectivity index (χ4v) is 11.3. The van der Waals surface area contributed by atoms with Gasteiger partial charge >= 0.3 is 39.5 Å². The van der Waals surface area contributed by atoms with Crippen LogP contribution in [-0.4, -0.2) is 96.7 Å². The first-order valence-corrected chi connectivity index (χ1v) is 42.4. The fraction of sp³-hybridized carbons (Fsp3) is 0.624. The Morgan fingerprint density at radius 2 is 0.510 bits per heavy atom. The predicted octanol–water partition coefficient (Wildman–Crippen LogP) is 23.0. The third-order valence-corrected chi connectivity index (χ3v) is 17.6. The predicted molar refractivity (Wildman–Crippen MR) is 426 cm³/mol. The maximum absolute atomic E-state index is 13.1. The quantitative estimate of drug-likeness (QED) is 0.0169. The highest BCUT2D eigenvalue weighted by atomic mass is 31.2. The molecule has 0 aliphatic carbocycles. The molecule has 0 saturated carbocycles. The number of aliphatic hydroxyl groups excluding tert-OH is 1. The Bertz CT molecular complexity index is 2640. The Labute approximate surface area is 629 Å². The van der Waals surface area contributed by atoms with Crippen molar-refractivity contribution in [2.75, 3.05) is 39.6 Å². The number of phosphoric ester groups is 2. The number of hydrogen-bond donors (Lipinski definition) is 3. The van der Waals surface area contributed by atoms with Crippen LogP contribution in [0.1, 0.15) is 285 Å². The van der Waals surface area contributed by atoms with Gasteiger partial charge in [0.25, 0.3) is 0 Å². The molecular weight excluding hydrogens is 1350 g/mol. The lowest BCUT2D eigenvalue weighted by Gasteiger charge is -2.21. The summed E-state index contributed by atoms with van der Waals surface area (Å²) in [6.07, 6.45) is 89.1. The van der Waals surface area contributed by atoms with Gasteiger partial charge in [0.1, 0.15) is 19.3 Å². The SMILES string of the molecule is CC/C=C\C/C=C\C/C=C\C/C=C\C/C=C\CCCC(=O)OCC(COP(=O)(O)OCC(O)COP(=O)(O)OCC(COC(=O)CCCCCC/C=C\C/C=C\C/C=C\C/C=C\CC)OC(=O)CCCCCC/C=C\C/C=C\C/C=C\C/C=C\CC)OC(=O)CCCCCCC/C=C\CCCCCC. The van der Waals surface area contributed by atoms with Gasteiger partial charge < -0.3 is 33.8 Å². The smallest absolute Gasteiger partial charge is 0.462 e. The zero-order valence-corrected chi connectivity index (χ0v) is 66.2. The molecule has 590 valence electrons. The molecule has 0 amide bonds. The number of carbonyl (C=O) groups excluding carboxylic acids is 4. The van der Waals surface area contributed by atoms with Crippen LogP contribution in [-0.2, 0) is 65.4 Å². The number of ether oxygens (including phenoxy) is 4. The maximum Gasteiger partial charge on any atom is 0.472 e. The van der Waals surface area contributed by atoms with Crippen molar-refractivity contribution >= 4 is 39.5 Å². The highest BCUT2D eigenvalue weighted by molar-refractivity contribution is 7.47. The summed E-state index contributed by atoms with van der Waals surface area (Å²) in [4.78, 5) is 73.0. The normalized spacial score (nSPS) is 14.8. The first kappa shape index (κ1) is 98.4. The van der Waals surface area contributed by atoms with E-state index in [0.717, 1.165) is 173 Å². The summed E-state index contributed by atoms with van der Waals surface area (Å²) in [5.74, 6) is -2.32. The van der Waals surface area contributed by atoms with Crippen LogP contribution in [0.2, 0.25) is 0 Å². The second kappa shape index (κ2) is 75.6. The molecule has 3 N–H and O–H groups in total. The van der Waals surface area contributed by atoms with Crippen molar-refractivity contribution in [3.63, 3.8) is 0 Å². The van der Waals surface area contributed by atoms with Gasteiger partial charge in [0.05, 0.1) is 26.4 Å². The fourth-order valence-electron chi connectivity index (χ4n) is 9.76. The molecular formula is C85H138O17P2. The van der Waals surface area contributed by atoms with Crippen molar-refractivity contribution in [2.24, 2.45) is 0 Å². The van der Waals surface area contributed by atoms with Crippen LogP contribution in [0.3, 0.4) is 0 Å². The van der Waals surface area contributed by atoms with Gasteiger partial charge in [0, 0.05) is 25.7 Å². The number of allylic oxidation sites excluding steroid dienone is 28. The van der Waals surface area contributed by atoms with Gasteiger partial charge in [0.15, 0.2) is 12.2 Å². The molecule has 0 fully saturated rings. The lowest BCUT2D eigenvalue weighted by atomic mass is 10.1. The van der Waals surface area contributed by atoms with E-state index in [1.807, 2.05) is 12.2 Å². The minimum atomic E-state index is -5.00. The van der Waals surface area contributed by atoms with Crippen LogP contribution in [0.15, 0.2) is 170 Å². The van der Waals surface area contributed by atoms with E-state index in [1.54, 1.807) is 0 Å². The van der Waals surface area contributed by atoms with Crippen molar-refractivity contribution in [3.8, 4) is 0 Å². The highest BCUT2D eigenvalue weighted by Crippen LogP contribution is 2.45. The molecule has 0 aromatic rings. The van der Waals surface area contributed by atoms with Gasteiger partial charge in [0.2, 0.25) is 0 Å². The molecule has 0 bridgehead atoms. The lowest BCUT2D eigenvalue weighted by molar-refractivity contribution is -0.161. The summed E-state index contributed by atoms with van der Waals surface area (Å²) >= 11 is 0. The van der Waals surface area contributed by atoms with Gasteiger partial charge in [-0.2, -0.15) is 0 Å². The molecule has 0 saturated heterocycles. The van der Waals surface area contributed by atoms with Crippen LogP contribution >= 0.6 is 15.6 Å². The molecule has 0 aromatic carbocycles. The molecule has 0 radical (unpaired) electrons. The van der Waals surface area contributed by atoms with Gasteiger partial charge in [-0.3, -0.25) is 37.3 Å². The second-order valence-corrected chi connectivity index (χ2v) is 28.4. The standard InChI is InChI=1S/C85H138O17P2/c1-5-9-13-17-21-25-29-33-36-39-42-46-49-53-57-61-65-69-82(87)95-75-80(101-84(89)71-67-63-59-55-51-45-32-28-24-20-16-12-8-4)77-99-103(91,92)97-73-79(86)74-98-104(93,94)100-78-81(102-85(90)72-68-64-60-56-52-48-44-41-38-35-31-27-23-19-15-11-7-3)76-96-83(88)70-66-62-58-54-50-47-43-40-37-34-30-26-22-18-14-10-6-2/h9-11,13-15,21-23,25-28,32-38,42-44,46-48,53,57,79-81,86H,5-8,12,16-20,24,29-31,39-41,45,49-52,54-56,58-78H2,1-4H3,(H,91,92)(H,93,94)/b13-9-,14-10-,15-11-,25-21-,26-22-,27-23-,32-28-,36-33-,37-34-,38-35-,46-42-,47-43-,48-44-,57-53-. The van der Waals surface area contributed by atoms with Crippen LogP contribution in [0.5, 0.6) is 0 Å². The number of esters is 4. The minimum Gasteiger partial charge on any atom is -0.462 e. The van der Waals surface area contributed by atoms with Gasteiger partial charge in [-0.15, -0.1) is 0 Å². The van der Waals surface area contributed by atoms with E-state index < -0.39 is 97.5 Å². The van der Waals surface area contributed by atoms with E-state index in [2.05, 4.69) is 186 Å². The molecule has 5 atom stereocenters. The van der Waals surface area contributed by atoms with Gasteiger partial charge in [-0.05, 0) is 167 Å². The summed E-state index contributed by atoms with van der Waals surface area (Å²) in [5.41, 5.74) is 0. The largest absolute Gasteiger partial charge is 0.472 e. The Kier molecular flexibility index (Phi) is 71.6. The Balaban J connectivity index is 5.47. The summed E-state index contributed by atoms with van der Waals surface area (Å²) < 4.78 is 68.5. The Morgan fingerprint density at radius 3 is 0.817 bits per heavy atom. The molecule has 0 rings (SSSR count). The van der Waals surface area contributed by atoms with E-state index in [9.17, 15) is 43.2 Å². The Morgan fingerprint density at radius 1 is 0.279 bits per heavy atom. The number of phosphoric acid groups is 2. The molecule has 0 aliphatic rings. The number of rotatable bonds is 72. The number of unbranched alkanes of at least 4 members (excludes halogenated alkanes) is 18. The lowest BCUT2D eigenvalue weighted by Crippen LogP contribution is -2.30. The summed E-state index contributed by atoms with van der Waals surface area (Å²) in [6.45, 7) is 4.37. The molecule has 0 heterocycles. The van der Waals surface area contributed by atoms with Crippen molar-refractivity contribution < 1.29 is 80.2 Å². The zero-order chi connectivity index (χ0) is 76.0.